The van der Waals surface area contributed by atoms with Crippen LogP contribution in [0.2, 0.25) is 0 Å². The van der Waals surface area contributed by atoms with E-state index in [2.05, 4.69) is 10.6 Å². The molecule has 0 saturated carbocycles. The van der Waals surface area contributed by atoms with Crippen LogP contribution in [0, 0.1) is 6.92 Å². The summed E-state index contributed by atoms with van der Waals surface area (Å²) in [6.07, 6.45) is -1.14. The minimum Gasteiger partial charge on any atom is -0.490 e. The zero-order valence-electron chi connectivity index (χ0n) is 17.2. The Labute approximate surface area is 165 Å². The molecule has 7 nitrogen and oxygen atoms in total. The minimum absolute atomic E-state index is 0.0609. The zero-order valence-corrected chi connectivity index (χ0v) is 17.2. The van der Waals surface area contributed by atoms with Gasteiger partial charge in [-0.1, -0.05) is 17.7 Å². The van der Waals surface area contributed by atoms with Crippen LogP contribution >= 0.6 is 0 Å². The molecular formula is C21H28N2O5. The Morgan fingerprint density at radius 2 is 1.50 bits per heavy atom. The Balaban J connectivity index is 2.56. The summed E-state index contributed by atoms with van der Waals surface area (Å²) in [7, 11) is 0. The highest BCUT2D eigenvalue weighted by molar-refractivity contribution is 5.98. The van der Waals surface area contributed by atoms with Crippen LogP contribution in [0.15, 0.2) is 24.3 Å². The molecule has 0 radical (unpaired) electrons. The van der Waals surface area contributed by atoms with Gasteiger partial charge in [-0.05, 0) is 47.6 Å². The molecule has 2 N–H and O–H groups in total. The van der Waals surface area contributed by atoms with Gasteiger partial charge in [0.05, 0.1) is 6.61 Å². The molecule has 0 heterocycles. The van der Waals surface area contributed by atoms with Crippen molar-refractivity contribution in [3.8, 4) is 17.2 Å². The van der Waals surface area contributed by atoms with Crippen LogP contribution in [-0.4, -0.2) is 30.9 Å². The summed E-state index contributed by atoms with van der Waals surface area (Å²) in [6, 6.07) is 7.02. The quantitative estimate of drug-likeness (QED) is 0.759. The number of amides is 2. The SMILES string of the molecule is CCOc1cc(OC(=O)NC(C)C)c2cc(C)ccc2c1OC(=O)NC(C)C. The molecule has 2 amide bonds. The lowest BCUT2D eigenvalue weighted by Crippen LogP contribution is -2.33. The number of benzene rings is 2. The highest BCUT2D eigenvalue weighted by atomic mass is 16.6. The predicted octanol–water partition coefficient (Wildman–Crippen LogP) is 4.54. The predicted molar refractivity (Wildman–Crippen MR) is 108 cm³/mol. The van der Waals surface area contributed by atoms with Gasteiger partial charge in [-0.25, -0.2) is 9.59 Å². The fourth-order valence-corrected chi connectivity index (χ4v) is 2.63. The van der Waals surface area contributed by atoms with E-state index in [-0.39, 0.29) is 17.8 Å². The monoisotopic (exact) mass is 388 g/mol. The average Bonchev–Trinajstić information content (AvgIpc) is 2.56. The maximum absolute atomic E-state index is 12.2. The highest BCUT2D eigenvalue weighted by Crippen LogP contribution is 2.42. The van der Waals surface area contributed by atoms with Gasteiger partial charge in [0, 0.05) is 28.9 Å². The lowest BCUT2D eigenvalue weighted by Gasteiger charge is -2.18. The Morgan fingerprint density at radius 1 is 0.893 bits per heavy atom. The molecule has 0 unspecified atom stereocenters. The van der Waals surface area contributed by atoms with Gasteiger partial charge in [0.1, 0.15) is 5.75 Å². The van der Waals surface area contributed by atoms with Crippen LogP contribution in [0.5, 0.6) is 17.2 Å². The molecule has 0 fully saturated rings. The van der Waals surface area contributed by atoms with Crippen molar-refractivity contribution in [2.45, 2.75) is 53.6 Å². The van der Waals surface area contributed by atoms with Crippen LogP contribution in [0.1, 0.15) is 40.2 Å². The molecule has 152 valence electrons. The van der Waals surface area contributed by atoms with Gasteiger partial charge in [0.15, 0.2) is 11.5 Å². The summed E-state index contributed by atoms with van der Waals surface area (Å²) in [6.45, 7) is 11.5. The largest absolute Gasteiger partial charge is 0.490 e. The maximum atomic E-state index is 12.2. The van der Waals surface area contributed by atoms with Crippen LogP contribution < -0.4 is 24.8 Å². The molecule has 2 aromatic rings. The first-order chi connectivity index (χ1) is 13.2. The number of fused-ring (bicyclic) bond motifs is 1. The first kappa shape index (κ1) is 21.3. The van der Waals surface area contributed by atoms with Gasteiger partial charge < -0.3 is 24.8 Å². The number of hydrogen-bond donors (Lipinski definition) is 2. The third-order valence-corrected chi connectivity index (χ3v) is 3.68. The molecule has 2 aromatic carbocycles. The highest BCUT2D eigenvalue weighted by Gasteiger charge is 2.20. The van der Waals surface area contributed by atoms with Gasteiger partial charge in [-0.3, -0.25) is 0 Å². The van der Waals surface area contributed by atoms with E-state index in [0.29, 0.717) is 28.9 Å². The van der Waals surface area contributed by atoms with Crippen molar-refractivity contribution >= 4 is 23.0 Å². The first-order valence-corrected chi connectivity index (χ1v) is 9.38. The zero-order chi connectivity index (χ0) is 20.8. The minimum atomic E-state index is -0.580. The van der Waals surface area contributed by atoms with E-state index in [0.717, 1.165) is 5.56 Å². The van der Waals surface area contributed by atoms with E-state index in [1.54, 1.807) is 6.07 Å². The topological polar surface area (TPSA) is 85.9 Å². The molecule has 0 saturated heterocycles. The average molecular weight is 388 g/mol. The Morgan fingerprint density at radius 3 is 2.07 bits per heavy atom. The van der Waals surface area contributed by atoms with Gasteiger partial charge in [0.25, 0.3) is 0 Å². The van der Waals surface area contributed by atoms with E-state index in [9.17, 15) is 9.59 Å². The molecule has 0 aromatic heterocycles. The van der Waals surface area contributed by atoms with E-state index >= 15 is 0 Å². The second kappa shape index (κ2) is 9.30. The maximum Gasteiger partial charge on any atom is 0.412 e. The summed E-state index contributed by atoms with van der Waals surface area (Å²) in [5, 5.41) is 6.65. The molecule has 0 aliphatic heterocycles. The molecule has 0 bridgehead atoms. The van der Waals surface area contributed by atoms with Gasteiger partial charge in [-0.2, -0.15) is 0 Å². The van der Waals surface area contributed by atoms with Crippen molar-refractivity contribution in [1.29, 1.82) is 0 Å². The number of carbonyl (C=O) groups is 2. The Hall–Kier alpha value is -2.96. The van der Waals surface area contributed by atoms with Crippen molar-refractivity contribution in [1.82, 2.24) is 10.6 Å². The number of carbonyl (C=O) groups excluding carboxylic acids is 2. The van der Waals surface area contributed by atoms with Gasteiger partial charge in [-0.15, -0.1) is 0 Å². The number of ether oxygens (including phenoxy) is 3. The molecule has 0 spiro atoms. The van der Waals surface area contributed by atoms with Crippen LogP contribution in [0.25, 0.3) is 10.8 Å². The molecular weight excluding hydrogens is 360 g/mol. The van der Waals surface area contributed by atoms with Crippen LogP contribution in [0.3, 0.4) is 0 Å². The molecule has 0 aliphatic carbocycles. The van der Waals surface area contributed by atoms with E-state index in [1.807, 2.05) is 59.7 Å². The van der Waals surface area contributed by atoms with Crippen molar-refractivity contribution in [2.24, 2.45) is 0 Å². The number of aryl methyl sites for hydroxylation is 1. The van der Waals surface area contributed by atoms with Crippen molar-refractivity contribution in [2.75, 3.05) is 6.61 Å². The molecule has 2 rings (SSSR count). The van der Waals surface area contributed by atoms with Gasteiger partial charge >= 0.3 is 12.2 Å². The van der Waals surface area contributed by atoms with Crippen LogP contribution in [-0.2, 0) is 0 Å². The van der Waals surface area contributed by atoms with Crippen LogP contribution in [0.4, 0.5) is 9.59 Å². The second-order valence-corrected chi connectivity index (χ2v) is 7.06. The van der Waals surface area contributed by atoms with Crippen molar-refractivity contribution in [3.05, 3.63) is 29.8 Å². The third-order valence-electron chi connectivity index (χ3n) is 3.68. The molecule has 7 heteroatoms. The summed E-state index contributed by atoms with van der Waals surface area (Å²) in [4.78, 5) is 24.3. The van der Waals surface area contributed by atoms with E-state index in [1.165, 1.54) is 0 Å². The van der Waals surface area contributed by atoms with Gasteiger partial charge in [0.2, 0.25) is 0 Å². The number of hydrogen-bond acceptors (Lipinski definition) is 5. The standard InChI is InChI=1S/C21H28N2O5/c1-7-26-18-11-17(27-20(24)22-12(2)3)16-10-14(6)8-9-15(16)19(18)28-21(25)23-13(4)5/h8-13H,7H2,1-6H3,(H,22,24)(H,23,25). The Kier molecular flexibility index (Phi) is 7.09. The Bertz CT molecular complexity index is 861. The number of rotatable bonds is 6. The number of nitrogens with one attached hydrogen (secondary N) is 2. The summed E-state index contributed by atoms with van der Waals surface area (Å²) in [5.41, 5.74) is 0.975. The second-order valence-electron chi connectivity index (χ2n) is 7.06. The van der Waals surface area contributed by atoms with Crippen molar-refractivity contribution < 1.29 is 23.8 Å². The normalized spacial score (nSPS) is 10.9. The molecule has 28 heavy (non-hydrogen) atoms. The smallest absolute Gasteiger partial charge is 0.412 e. The summed E-state index contributed by atoms with van der Waals surface area (Å²) >= 11 is 0. The van der Waals surface area contributed by atoms with Crippen molar-refractivity contribution in [3.63, 3.8) is 0 Å². The lowest BCUT2D eigenvalue weighted by molar-refractivity contribution is 0.193. The summed E-state index contributed by atoms with van der Waals surface area (Å²) < 4.78 is 16.7. The summed E-state index contributed by atoms with van der Waals surface area (Å²) in [5.74, 6) is 0.939. The van der Waals surface area contributed by atoms with E-state index < -0.39 is 12.2 Å². The molecule has 0 aliphatic rings. The first-order valence-electron chi connectivity index (χ1n) is 9.38. The molecule has 0 atom stereocenters. The van der Waals surface area contributed by atoms with E-state index in [4.69, 9.17) is 14.2 Å². The fraction of sp³-hybridized carbons (Fsp3) is 0.429. The lowest BCUT2D eigenvalue weighted by atomic mass is 10.0. The third kappa shape index (κ3) is 5.52. The fourth-order valence-electron chi connectivity index (χ4n) is 2.63.